The quantitative estimate of drug-likeness (QED) is 0.689. The molecule has 0 aliphatic rings. The second-order valence-corrected chi connectivity index (χ2v) is 5.12. The monoisotopic (exact) mass is 269 g/mol. The van der Waals surface area contributed by atoms with Gasteiger partial charge in [0, 0.05) is 20.3 Å². The first kappa shape index (κ1) is 15.6. The number of methoxy groups -OCH3 is 1. The molecule has 1 rings (SSSR count). The van der Waals surface area contributed by atoms with E-state index in [-0.39, 0.29) is 5.91 Å². The van der Waals surface area contributed by atoms with Gasteiger partial charge in [-0.1, -0.05) is 5.21 Å². The first-order valence-corrected chi connectivity index (χ1v) is 6.34. The minimum absolute atomic E-state index is 0.0950. The minimum Gasteiger partial charge on any atom is -0.385 e. The number of carbonyl (C=O) groups is 1. The van der Waals surface area contributed by atoms with Gasteiger partial charge in [0.2, 0.25) is 5.91 Å². The molecule has 1 aromatic rings. The zero-order chi connectivity index (χ0) is 14.5. The van der Waals surface area contributed by atoms with Crippen LogP contribution >= 0.6 is 0 Å². The Hall–Kier alpha value is -1.47. The molecule has 0 fully saturated rings. The summed E-state index contributed by atoms with van der Waals surface area (Å²) in [6.07, 6.45) is 2.49. The normalized spacial score (nSPS) is 13.3. The molecule has 0 radical (unpaired) electrons. The Morgan fingerprint density at radius 1 is 1.63 bits per heavy atom. The molecule has 1 atom stereocenters. The number of nitrogens with zero attached hydrogens (tertiary/aromatic N) is 3. The third kappa shape index (κ3) is 4.60. The summed E-state index contributed by atoms with van der Waals surface area (Å²) in [4.78, 5) is 11.9. The number of hydrogen-bond donors (Lipinski definition) is 2. The highest BCUT2D eigenvalue weighted by Gasteiger charge is 2.22. The van der Waals surface area contributed by atoms with Crippen molar-refractivity contribution < 1.29 is 9.53 Å². The van der Waals surface area contributed by atoms with Crippen LogP contribution in [-0.2, 0) is 15.1 Å². The fourth-order valence-corrected chi connectivity index (χ4v) is 1.46. The van der Waals surface area contributed by atoms with Crippen LogP contribution in [-0.4, -0.2) is 41.2 Å². The van der Waals surface area contributed by atoms with Gasteiger partial charge in [0.05, 0.1) is 11.7 Å². The summed E-state index contributed by atoms with van der Waals surface area (Å²) in [5.41, 5.74) is 6.03. The van der Waals surface area contributed by atoms with Crippen LogP contribution in [0.5, 0.6) is 0 Å². The van der Waals surface area contributed by atoms with Gasteiger partial charge in [0.15, 0.2) is 0 Å². The van der Waals surface area contributed by atoms with Gasteiger partial charge in [0.1, 0.15) is 11.7 Å². The van der Waals surface area contributed by atoms with E-state index in [1.54, 1.807) is 20.2 Å². The Labute approximate surface area is 113 Å². The standard InChI is InChI=1S/C12H23N5O2/c1-9(11(18)14-6-5-7-19-4)17-8-10(15-16-17)12(2,3)13/h8-9H,5-7,13H2,1-4H3,(H,14,18). The average molecular weight is 269 g/mol. The van der Waals surface area contributed by atoms with Crippen molar-refractivity contribution in [2.24, 2.45) is 5.73 Å². The van der Waals surface area contributed by atoms with Crippen molar-refractivity contribution in [2.75, 3.05) is 20.3 Å². The molecular weight excluding hydrogens is 246 g/mol. The molecule has 0 spiro atoms. The molecular formula is C12H23N5O2. The van der Waals surface area contributed by atoms with Gasteiger partial charge < -0.3 is 15.8 Å². The number of ether oxygens (including phenoxy) is 1. The summed E-state index contributed by atoms with van der Waals surface area (Å²) in [7, 11) is 1.63. The lowest BCUT2D eigenvalue weighted by Crippen LogP contribution is -2.32. The smallest absolute Gasteiger partial charge is 0.244 e. The van der Waals surface area contributed by atoms with Crippen molar-refractivity contribution in [3.63, 3.8) is 0 Å². The predicted octanol–water partition coefficient (Wildman–Crippen LogP) is 0.186. The van der Waals surface area contributed by atoms with Crippen molar-refractivity contribution in [3.05, 3.63) is 11.9 Å². The van der Waals surface area contributed by atoms with E-state index in [0.29, 0.717) is 18.8 Å². The summed E-state index contributed by atoms with van der Waals surface area (Å²) < 4.78 is 6.44. The zero-order valence-corrected chi connectivity index (χ0v) is 12.0. The third-order valence-electron chi connectivity index (χ3n) is 2.77. The summed E-state index contributed by atoms with van der Waals surface area (Å²) in [5.74, 6) is -0.0950. The second-order valence-electron chi connectivity index (χ2n) is 5.12. The first-order chi connectivity index (χ1) is 8.86. The maximum atomic E-state index is 11.9. The van der Waals surface area contributed by atoms with Crippen LogP contribution in [0.3, 0.4) is 0 Å². The maximum absolute atomic E-state index is 11.9. The van der Waals surface area contributed by atoms with Gasteiger partial charge in [0.25, 0.3) is 0 Å². The van der Waals surface area contributed by atoms with Crippen LogP contribution in [0.1, 0.15) is 38.9 Å². The van der Waals surface area contributed by atoms with E-state index in [4.69, 9.17) is 10.5 Å². The number of hydrogen-bond acceptors (Lipinski definition) is 5. The highest BCUT2D eigenvalue weighted by Crippen LogP contribution is 2.14. The van der Waals surface area contributed by atoms with Crippen LogP contribution in [0.2, 0.25) is 0 Å². The Kier molecular flexibility index (Phi) is 5.44. The highest BCUT2D eigenvalue weighted by molar-refractivity contribution is 5.79. The molecule has 0 aliphatic heterocycles. The second kappa shape index (κ2) is 6.63. The van der Waals surface area contributed by atoms with E-state index in [9.17, 15) is 4.79 Å². The number of nitrogens with two attached hydrogens (primary N) is 1. The van der Waals surface area contributed by atoms with Gasteiger partial charge >= 0.3 is 0 Å². The topological polar surface area (TPSA) is 95.1 Å². The fourth-order valence-electron chi connectivity index (χ4n) is 1.46. The average Bonchev–Trinajstić information content (AvgIpc) is 2.82. The molecule has 1 heterocycles. The Morgan fingerprint density at radius 2 is 2.32 bits per heavy atom. The Morgan fingerprint density at radius 3 is 2.84 bits per heavy atom. The first-order valence-electron chi connectivity index (χ1n) is 6.34. The molecule has 7 nitrogen and oxygen atoms in total. The lowest BCUT2D eigenvalue weighted by molar-refractivity contribution is -0.124. The van der Waals surface area contributed by atoms with Crippen molar-refractivity contribution in [2.45, 2.75) is 38.8 Å². The SMILES string of the molecule is COCCCNC(=O)C(C)n1cc(C(C)(C)N)nn1. The summed E-state index contributed by atoms with van der Waals surface area (Å²) >= 11 is 0. The number of nitrogens with one attached hydrogen (secondary N) is 1. The van der Waals surface area contributed by atoms with Gasteiger partial charge in [-0.25, -0.2) is 4.68 Å². The third-order valence-corrected chi connectivity index (χ3v) is 2.77. The van der Waals surface area contributed by atoms with Crippen LogP contribution in [0.25, 0.3) is 0 Å². The zero-order valence-electron chi connectivity index (χ0n) is 12.0. The van der Waals surface area contributed by atoms with Gasteiger partial charge in [-0.2, -0.15) is 0 Å². The van der Waals surface area contributed by atoms with Crippen molar-refractivity contribution >= 4 is 5.91 Å². The maximum Gasteiger partial charge on any atom is 0.244 e. The van der Waals surface area contributed by atoms with Crippen LogP contribution in [0, 0.1) is 0 Å². The molecule has 108 valence electrons. The molecule has 0 saturated carbocycles. The minimum atomic E-state index is -0.563. The van der Waals surface area contributed by atoms with Gasteiger partial charge in [-0.3, -0.25) is 4.79 Å². The van der Waals surface area contributed by atoms with E-state index in [2.05, 4.69) is 15.6 Å². The van der Waals surface area contributed by atoms with E-state index >= 15 is 0 Å². The van der Waals surface area contributed by atoms with Gasteiger partial charge in [-0.05, 0) is 27.2 Å². The molecule has 0 bridgehead atoms. The van der Waals surface area contributed by atoms with E-state index < -0.39 is 11.6 Å². The molecule has 1 amide bonds. The molecule has 3 N–H and O–H groups in total. The Bertz CT molecular complexity index is 410. The van der Waals surface area contributed by atoms with Crippen molar-refractivity contribution in [1.82, 2.24) is 20.3 Å². The van der Waals surface area contributed by atoms with E-state index in [0.717, 1.165) is 6.42 Å². The van der Waals surface area contributed by atoms with E-state index in [1.807, 2.05) is 13.8 Å². The van der Waals surface area contributed by atoms with Crippen LogP contribution in [0.15, 0.2) is 6.20 Å². The molecule has 1 unspecified atom stereocenters. The molecule has 0 saturated heterocycles. The summed E-state index contributed by atoms with van der Waals surface area (Å²) in [6, 6.07) is -0.411. The van der Waals surface area contributed by atoms with Crippen molar-refractivity contribution in [1.29, 1.82) is 0 Å². The molecule has 7 heteroatoms. The lowest BCUT2D eigenvalue weighted by Gasteiger charge is -2.14. The van der Waals surface area contributed by atoms with Crippen molar-refractivity contribution in [3.8, 4) is 0 Å². The van der Waals surface area contributed by atoms with Crippen LogP contribution in [0.4, 0.5) is 0 Å². The molecule has 0 aliphatic carbocycles. The largest absolute Gasteiger partial charge is 0.385 e. The van der Waals surface area contributed by atoms with E-state index in [1.165, 1.54) is 4.68 Å². The number of carbonyl (C=O) groups excluding carboxylic acids is 1. The van der Waals surface area contributed by atoms with Crippen LogP contribution < -0.4 is 11.1 Å². The Balaban J connectivity index is 2.55. The lowest BCUT2D eigenvalue weighted by atomic mass is 10.0. The number of amides is 1. The number of aromatic nitrogens is 3. The predicted molar refractivity (Wildman–Crippen MR) is 71.4 cm³/mol. The molecule has 0 aromatic carbocycles. The van der Waals surface area contributed by atoms with Gasteiger partial charge in [-0.15, -0.1) is 5.10 Å². The highest BCUT2D eigenvalue weighted by atomic mass is 16.5. The molecule has 19 heavy (non-hydrogen) atoms. The number of rotatable bonds is 7. The fraction of sp³-hybridized carbons (Fsp3) is 0.750. The summed E-state index contributed by atoms with van der Waals surface area (Å²) in [5, 5.41) is 10.8. The summed E-state index contributed by atoms with van der Waals surface area (Å²) in [6.45, 7) is 6.67. The molecule has 1 aromatic heterocycles.